The number of aliphatic hydroxyl groups is 1. The molecule has 0 saturated carbocycles. The number of aromatic nitrogens is 2. The fourth-order valence-electron chi connectivity index (χ4n) is 5.22. The van der Waals surface area contributed by atoms with Crippen LogP contribution in [0.3, 0.4) is 0 Å². The Hall–Kier alpha value is -3.36. The first-order valence-corrected chi connectivity index (χ1v) is 16.4. The largest absolute Gasteiger partial charge is 0.490 e. The van der Waals surface area contributed by atoms with Crippen LogP contribution in [0.5, 0.6) is 5.75 Å². The third-order valence-corrected chi connectivity index (χ3v) is 9.44. The number of hydrogen-bond acceptors (Lipinski definition) is 11. The molecule has 3 aromatic rings. The van der Waals surface area contributed by atoms with Crippen molar-refractivity contribution in [2.75, 3.05) is 45.9 Å². The van der Waals surface area contributed by atoms with Crippen LogP contribution in [-0.4, -0.2) is 105 Å². The molecule has 12 nitrogen and oxygen atoms in total. The Morgan fingerprint density at radius 3 is 2.40 bits per heavy atom. The van der Waals surface area contributed by atoms with Gasteiger partial charge in [-0.15, -0.1) is 11.3 Å². The average Bonchev–Trinajstić information content (AvgIpc) is 3.58. The van der Waals surface area contributed by atoms with Crippen LogP contribution in [-0.2, 0) is 22.6 Å². The molecule has 246 valence electrons. The molecule has 2 aliphatic rings. The lowest BCUT2D eigenvalue weighted by atomic mass is 10.0. The number of carboxylic acid groups (broad SMARTS) is 2. The number of thiophene rings is 1. The number of carbonyl (C=O) groups is 2. The molecule has 0 aliphatic carbocycles. The van der Waals surface area contributed by atoms with E-state index in [9.17, 15) is 14.7 Å². The lowest BCUT2D eigenvalue weighted by molar-refractivity contribution is -0.148. The van der Waals surface area contributed by atoms with E-state index in [-0.39, 0.29) is 18.6 Å². The Bertz CT molecular complexity index is 1440. The maximum absolute atomic E-state index is 11.0. The molecule has 45 heavy (non-hydrogen) atoms. The quantitative estimate of drug-likeness (QED) is 0.202. The summed E-state index contributed by atoms with van der Waals surface area (Å²) in [5, 5.41) is 34.6. The summed E-state index contributed by atoms with van der Waals surface area (Å²) >= 11 is 1.70. The van der Waals surface area contributed by atoms with Crippen LogP contribution < -0.4 is 10.1 Å². The molecule has 2 saturated heterocycles. The van der Waals surface area contributed by atoms with Crippen molar-refractivity contribution in [2.24, 2.45) is 5.92 Å². The lowest BCUT2D eigenvalue weighted by Gasteiger charge is -2.37. The fraction of sp³-hybridized carbons (Fsp3) is 0.562. The first-order chi connectivity index (χ1) is 21.5. The summed E-state index contributed by atoms with van der Waals surface area (Å²) in [4.78, 5) is 32.2. The Labute approximate surface area is 268 Å². The second-order valence-corrected chi connectivity index (χ2v) is 12.7. The number of hydrogen-bond donors (Lipinski definition) is 4. The number of β-amino-alcohol motifs (C(OH)–C–C–N with tert-alkyl or cyclic N) is 1. The molecule has 0 radical (unpaired) electrons. The predicted molar refractivity (Wildman–Crippen MR) is 172 cm³/mol. The van der Waals surface area contributed by atoms with Gasteiger partial charge in [-0.2, -0.15) is 4.98 Å². The van der Waals surface area contributed by atoms with Gasteiger partial charge in [-0.3, -0.25) is 19.4 Å². The van der Waals surface area contributed by atoms with E-state index in [4.69, 9.17) is 24.5 Å². The molecule has 4 heterocycles. The minimum Gasteiger partial charge on any atom is -0.490 e. The highest BCUT2D eigenvalue weighted by Crippen LogP contribution is 2.34. The molecule has 0 bridgehead atoms. The molecule has 2 fully saturated rings. The zero-order valence-corrected chi connectivity index (χ0v) is 27.5. The maximum atomic E-state index is 11.0. The van der Waals surface area contributed by atoms with Gasteiger partial charge in [0.2, 0.25) is 5.82 Å². The van der Waals surface area contributed by atoms with E-state index >= 15 is 0 Å². The van der Waals surface area contributed by atoms with E-state index in [0.29, 0.717) is 31.3 Å². The summed E-state index contributed by atoms with van der Waals surface area (Å²) in [6, 6.07) is 5.86. The van der Waals surface area contributed by atoms with Crippen LogP contribution in [0.2, 0.25) is 0 Å². The molecular formula is C32H45N5O7S. The summed E-state index contributed by atoms with van der Waals surface area (Å²) in [5.74, 6) is -0.0453. The topological polar surface area (TPSA) is 161 Å². The van der Waals surface area contributed by atoms with E-state index in [1.54, 1.807) is 11.3 Å². The number of likely N-dealkylation sites (tertiary alicyclic amines) is 1. The van der Waals surface area contributed by atoms with Gasteiger partial charge in [-0.25, -0.2) is 0 Å². The smallest absolute Gasteiger partial charge is 0.320 e. The second kappa shape index (κ2) is 15.8. The summed E-state index contributed by atoms with van der Waals surface area (Å²) < 4.78 is 11.7. The van der Waals surface area contributed by atoms with Gasteiger partial charge >= 0.3 is 11.9 Å². The SMILES string of the molecule is CCc1cc(-c2noc(-c3cc(C)c(CN(CC)CC)s3)n2)cc(C)c1OC[C@@H](O)CN1CC(C(=O)O)C1.O=C(O)C1CCN1. The maximum Gasteiger partial charge on any atom is 0.320 e. The summed E-state index contributed by atoms with van der Waals surface area (Å²) in [6.07, 6.45) is 0.833. The highest BCUT2D eigenvalue weighted by atomic mass is 32.1. The third-order valence-electron chi connectivity index (χ3n) is 8.23. The third kappa shape index (κ3) is 8.88. The molecule has 1 unspecified atom stereocenters. The van der Waals surface area contributed by atoms with Crippen molar-refractivity contribution in [1.82, 2.24) is 25.3 Å². The van der Waals surface area contributed by atoms with Crippen LogP contribution in [0.4, 0.5) is 0 Å². The first kappa shape index (κ1) is 34.5. The highest BCUT2D eigenvalue weighted by Gasteiger charge is 2.33. The van der Waals surface area contributed by atoms with Crippen molar-refractivity contribution in [3.8, 4) is 27.9 Å². The lowest BCUT2D eigenvalue weighted by Crippen LogP contribution is -2.53. The van der Waals surface area contributed by atoms with Crippen LogP contribution >= 0.6 is 11.3 Å². The average molecular weight is 644 g/mol. The Morgan fingerprint density at radius 1 is 1.13 bits per heavy atom. The van der Waals surface area contributed by atoms with Crippen molar-refractivity contribution in [2.45, 2.75) is 66.2 Å². The number of rotatable bonds is 14. The first-order valence-electron chi connectivity index (χ1n) is 15.5. The van der Waals surface area contributed by atoms with Gasteiger partial charge in [0.05, 0.1) is 10.8 Å². The van der Waals surface area contributed by atoms with Crippen LogP contribution in [0.1, 0.15) is 48.8 Å². The zero-order chi connectivity index (χ0) is 32.7. The molecule has 0 amide bonds. The molecular weight excluding hydrogens is 598 g/mol. The highest BCUT2D eigenvalue weighted by molar-refractivity contribution is 7.15. The van der Waals surface area contributed by atoms with E-state index in [1.165, 1.54) is 10.4 Å². The van der Waals surface area contributed by atoms with Gasteiger partial charge in [-0.05, 0) is 81.2 Å². The van der Waals surface area contributed by atoms with Gasteiger partial charge in [-0.1, -0.05) is 25.9 Å². The van der Waals surface area contributed by atoms with Gasteiger partial charge in [0.1, 0.15) is 24.5 Å². The molecule has 1 aromatic carbocycles. The predicted octanol–water partition coefficient (Wildman–Crippen LogP) is 3.68. The minimum atomic E-state index is -0.783. The van der Waals surface area contributed by atoms with Crippen molar-refractivity contribution >= 4 is 23.3 Å². The monoisotopic (exact) mass is 643 g/mol. The van der Waals surface area contributed by atoms with Crippen LogP contribution in [0, 0.1) is 19.8 Å². The van der Waals surface area contributed by atoms with E-state index < -0.39 is 18.0 Å². The molecule has 4 N–H and O–H groups in total. The van der Waals surface area contributed by atoms with Crippen molar-refractivity contribution in [3.05, 3.63) is 39.8 Å². The van der Waals surface area contributed by atoms with Crippen LogP contribution in [0.15, 0.2) is 22.7 Å². The Morgan fingerprint density at radius 2 is 1.84 bits per heavy atom. The molecule has 2 aromatic heterocycles. The molecule has 5 rings (SSSR count). The van der Waals surface area contributed by atoms with Gasteiger partial charge in [0.15, 0.2) is 0 Å². The van der Waals surface area contributed by atoms with Crippen molar-refractivity contribution in [3.63, 3.8) is 0 Å². The number of aliphatic carboxylic acids is 2. The minimum absolute atomic E-state index is 0.140. The van der Waals surface area contributed by atoms with E-state index in [1.807, 2.05) is 24.0 Å². The Balaban J connectivity index is 0.000000580. The summed E-state index contributed by atoms with van der Waals surface area (Å²) in [7, 11) is 0. The number of nitrogens with one attached hydrogen (secondary N) is 1. The van der Waals surface area contributed by atoms with Gasteiger partial charge in [0, 0.05) is 36.6 Å². The molecule has 2 aliphatic heterocycles. The van der Waals surface area contributed by atoms with Crippen molar-refractivity contribution in [1.29, 1.82) is 0 Å². The van der Waals surface area contributed by atoms with Gasteiger partial charge in [0.25, 0.3) is 5.89 Å². The van der Waals surface area contributed by atoms with Crippen molar-refractivity contribution < 1.29 is 34.2 Å². The normalized spacial score (nSPS) is 17.3. The zero-order valence-electron chi connectivity index (χ0n) is 26.7. The summed E-state index contributed by atoms with van der Waals surface area (Å²) in [5.41, 5.74) is 4.03. The van der Waals surface area contributed by atoms with Gasteiger partial charge < -0.3 is 29.9 Å². The second-order valence-electron chi connectivity index (χ2n) is 11.6. The number of aryl methyl sites for hydroxylation is 3. The number of benzene rings is 1. The number of nitrogens with zero attached hydrogens (tertiary/aromatic N) is 4. The number of aliphatic hydroxyl groups excluding tert-OH is 1. The van der Waals surface area contributed by atoms with E-state index in [0.717, 1.165) is 66.3 Å². The van der Waals surface area contributed by atoms with Crippen LogP contribution in [0.25, 0.3) is 22.2 Å². The molecule has 2 atom stereocenters. The fourth-order valence-corrected chi connectivity index (χ4v) is 6.36. The number of ether oxygens (including phenoxy) is 1. The Kier molecular flexibility index (Phi) is 12.1. The standard InChI is InChI=1S/C28H38N4O5S.C4H7NO2/c1-6-19-11-20(9-18(5)25(19)36-16-22(33)14-32-12-21(13-32)28(34)35)26-29-27(37-30-26)23-10-17(4)24(38-23)15-31(7-2)8-3;6-4(7)3-1-2-5-3/h9-11,21-22,33H,6-8,12-16H2,1-5H3,(H,34,35);3,5H,1-2H2,(H,6,7)/t22-;/m0./s1. The molecule has 0 spiro atoms. The van der Waals surface area contributed by atoms with E-state index in [2.05, 4.69) is 49.1 Å². The summed E-state index contributed by atoms with van der Waals surface area (Å²) in [6.45, 7) is 15.8. The number of carboxylic acids is 2. The molecule has 13 heteroatoms.